The lowest BCUT2D eigenvalue weighted by Crippen LogP contribution is -2.30. The second-order valence-corrected chi connectivity index (χ2v) is 30.8. The molecule has 0 aromatic rings. The van der Waals surface area contributed by atoms with E-state index in [4.69, 9.17) is 37.0 Å². The van der Waals surface area contributed by atoms with Crippen LogP contribution in [0, 0.1) is 5.92 Å². The van der Waals surface area contributed by atoms with Crippen molar-refractivity contribution in [2.75, 3.05) is 39.6 Å². The molecule has 0 radical (unpaired) electrons. The SMILES string of the molecule is CCCCCCCCCCCCCCCCCCCCCCCCC(=O)O[C@H](COC(=O)CCCCCCCCCCCCC(C)C)COP(=O)(O)OC[C@@H](O)COP(=O)(O)OC[C@@H](COC(=O)CCCCCCCCCCCC)OC(=O)CCCCCCCCCCCC. The summed E-state index contributed by atoms with van der Waals surface area (Å²) < 4.78 is 68.4. The van der Waals surface area contributed by atoms with Crippen LogP contribution >= 0.6 is 15.6 Å². The zero-order valence-electron chi connectivity index (χ0n) is 61.8. The van der Waals surface area contributed by atoms with E-state index < -0.39 is 97.5 Å². The summed E-state index contributed by atoms with van der Waals surface area (Å²) in [4.78, 5) is 72.7. The van der Waals surface area contributed by atoms with Crippen LogP contribution < -0.4 is 0 Å². The van der Waals surface area contributed by atoms with E-state index in [0.717, 1.165) is 95.8 Å². The van der Waals surface area contributed by atoms with E-state index in [1.54, 1.807) is 0 Å². The van der Waals surface area contributed by atoms with Gasteiger partial charge in [0.2, 0.25) is 0 Å². The van der Waals surface area contributed by atoms with Crippen LogP contribution in [0.3, 0.4) is 0 Å². The van der Waals surface area contributed by atoms with Gasteiger partial charge in [-0.2, -0.15) is 0 Å². The summed E-state index contributed by atoms with van der Waals surface area (Å²) in [7, 11) is -9.90. The quantitative estimate of drug-likeness (QED) is 0.0222. The van der Waals surface area contributed by atoms with Gasteiger partial charge < -0.3 is 33.8 Å². The number of phosphoric acid groups is 2. The van der Waals surface area contributed by atoms with Crippen molar-refractivity contribution < 1.29 is 80.2 Å². The van der Waals surface area contributed by atoms with Crippen LogP contribution in [0.2, 0.25) is 0 Å². The molecule has 0 saturated carbocycles. The summed E-state index contributed by atoms with van der Waals surface area (Å²) in [5, 5.41) is 10.6. The van der Waals surface area contributed by atoms with E-state index in [0.29, 0.717) is 25.7 Å². The minimum Gasteiger partial charge on any atom is -0.462 e. The first-order valence-corrected chi connectivity index (χ1v) is 42.6. The summed E-state index contributed by atoms with van der Waals surface area (Å²) in [5.74, 6) is -1.36. The maximum absolute atomic E-state index is 13.1. The van der Waals surface area contributed by atoms with Crippen LogP contribution in [0.5, 0.6) is 0 Å². The lowest BCUT2D eigenvalue weighted by atomic mass is 10.0. The molecule has 0 heterocycles. The van der Waals surface area contributed by atoms with Crippen molar-refractivity contribution in [3.05, 3.63) is 0 Å². The predicted octanol–water partition coefficient (Wildman–Crippen LogP) is 22.5. The molecule has 5 atom stereocenters. The standard InChI is InChI=1S/C76H148O17P2/c1-6-9-12-15-18-21-24-25-26-27-28-29-30-31-32-33-34-35-42-47-52-57-62-76(81)93-72(66-87-74(79)60-55-50-45-41-37-36-38-43-48-53-58-69(4)5)68-91-95(84,85)89-64-70(77)63-88-94(82,83)90-67-71(92-75(80)61-56-51-46-40-23-20-17-14-11-8-3)65-86-73(78)59-54-49-44-39-22-19-16-13-10-7-2/h69-72,77H,6-68H2,1-5H3,(H,82,83)(H,84,85)/t70-,71+,72+/m0/s1. The summed E-state index contributed by atoms with van der Waals surface area (Å²) in [5.41, 5.74) is 0. The Balaban J connectivity index is 5.16. The highest BCUT2D eigenvalue weighted by molar-refractivity contribution is 7.47. The van der Waals surface area contributed by atoms with Crippen LogP contribution in [-0.2, 0) is 65.4 Å². The Morgan fingerprint density at radius 1 is 0.284 bits per heavy atom. The normalized spacial score (nSPS) is 13.9. The average Bonchev–Trinajstić information content (AvgIpc) is 2.05. The van der Waals surface area contributed by atoms with Gasteiger partial charge in [0.1, 0.15) is 19.3 Å². The molecule has 3 N–H and O–H groups in total. The van der Waals surface area contributed by atoms with Crippen LogP contribution in [-0.4, -0.2) is 96.7 Å². The van der Waals surface area contributed by atoms with Gasteiger partial charge in [-0.3, -0.25) is 37.3 Å². The maximum atomic E-state index is 13.1. The van der Waals surface area contributed by atoms with Crippen LogP contribution in [0.25, 0.3) is 0 Å². The molecular formula is C76H148O17P2. The van der Waals surface area contributed by atoms with Gasteiger partial charge in [-0.15, -0.1) is 0 Å². The van der Waals surface area contributed by atoms with E-state index in [1.165, 1.54) is 225 Å². The number of hydrogen-bond acceptors (Lipinski definition) is 15. The number of esters is 4. The molecule has 0 amide bonds. The topological polar surface area (TPSA) is 237 Å². The highest BCUT2D eigenvalue weighted by Gasteiger charge is 2.30. The Bertz CT molecular complexity index is 1820. The monoisotopic (exact) mass is 1400 g/mol. The van der Waals surface area contributed by atoms with E-state index in [1.807, 2.05) is 0 Å². The second-order valence-electron chi connectivity index (χ2n) is 27.9. The fourth-order valence-corrected chi connectivity index (χ4v) is 13.3. The summed E-state index contributed by atoms with van der Waals surface area (Å²) in [6, 6.07) is 0. The fourth-order valence-electron chi connectivity index (χ4n) is 11.7. The van der Waals surface area contributed by atoms with Gasteiger partial charge in [0.15, 0.2) is 12.2 Å². The van der Waals surface area contributed by atoms with Gasteiger partial charge >= 0.3 is 39.5 Å². The van der Waals surface area contributed by atoms with Gasteiger partial charge in [-0.05, 0) is 31.6 Å². The number of carbonyl (C=O) groups excluding carboxylic acids is 4. The molecule has 0 aromatic heterocycles. The van der Waals surface area contributed by atoms with Crippen molar-refractivity contribution in [2.45, 2.75) is 419 Å². The average molecular weight is 1400 g/mol. The zero-order valence-corrected chi connectivity index (χ0v) is 63.6. The van der Waals surface area contributed by atoms with Gasteiger partial charge in [0, 0.05) is 25.7 Å². The second kappa shape index (κ2) is 69.2. The smallest absolute Gasteiger partial charge is 0.462 e. The molecule has 19 heteroatoms. The number of aliphatic hydroxyl groups is 1. The Hall–Kier alpha value is -1.94. The summed E-state index contributed by atoms with van der Waals surface area (Å²) in [6.45, 7) is 7.26. The van der Waals surface area contributed by atoms with Crippen molar-refractivity contribution in [1.82, 2.24) is 0 Å². The molecule has 0 fully saturated rings. The van der Waals surface area contributed by atoms with Gasteiger partial charge in [-0.25, -0.2) is 9.13 Å². The van der Waals surface area contributed by atoms with E-state index in [2.05, 4.69) is 34.6 Å². The fraction of sp³-hybridized carbons (Fsp3) is 0.947. The molecule has 0 saturated heterocycles. The molecule has 564 valence electrons. The minimum absolute atomic E-state index is 0.107. The maximum Gasteiger partial charge on any atom is 0.472 e. The summed E-state index contributed by atoms with van der Waals surface area (Å²) in [6.07, 6.45) is 58.4. The van der Waals surface area contributed by atoms with Crippen molar-refractivity contribution in [2.24, 2.45) is 5.92 Å². The van der Waals surface area contributed by atoms with Gasteiger partial charge in [0.05, 0.1) is 26.4 Å². The predicted molar refractivity (Wildman–Crippen MR) is 386 cm³/mol. The molecular weight excluding hydrogens is 1250 g/mol. The number of unbranched alkanes of at least 4 members (excludes halogenated alkanes) is 48. The molecule has 2 unspecified atom stereocenters. The molecule has 0 spiro atoms. The number of phosphoric ester groups is 2. The van der Waals surface area contributed by atoms with Crippen molar-refractivity contribution in [1.29, 1.82) is 0 Å². The third kappa shape index (κ3) is 70.3. The molecule has 0 aromatic carbocycles. The molecule has 17 nitrogen and oxygen atoms in total. The van der Waals surface area contributed by atoms with E-state index in [-0.39, 0.29) is 25.7 Å². The van der Waals surface area contributed by atoms with Gasteiger partial charge in [-0.1, -0.05) is 349 Å². The first-order chi connectivity index (χ1) is 46.0. The number of aliphatic hydroxyl groups excluding tert-OH is 1. The molecule has 0 rings (SSSR count). The Labute approximate surface area is 581 Å². The number of rotatable bonds is 76. The molecule has 0 bridgehead atoms. The highest BCUT2D eigenvalue weighted by atomic mass is 31.2. The zero-order chi connectivity index (χ0) is 69.8. The highest BCUT2D eigenvalue weighted by Crippen LogP contribution is 2.45. The summed E-state index contributed by atoms with van der Waals surface area (Å²) >= 11 is 0. The van der Waals surface area contributed by atoms with Crippen molar-refractivity contribution in [3.8, 4) is 0 Å². The lowest BCUT2D eigenvalue weighted by Gasteiger charge is -2.21. The largest absolute Gasteiger partial charge is 0.472 e. The van der Waals surface area contributed by atoms with E-state index >= 15 is 0 Å². The van der Waals surface area contributed by atoms with Crippen LogP contribution in [0.15, 0.2) is 0 Å². The molecule has 0 aliphatic heterocycles. The first-order valence-electron chi connectivity index (χ1n) is 39.6. The van der Waals surface area contributed by atoms with Crippen molar-refractivity contribution >= 4 is 39.5 Å². The molecule has 95 heavy (non-hydrogen) atoms. The molecule has 0 aliphatic carbocycles. The van der Waals surface area contributed by atoms with Gasteiger partial charge in [0.25, 0.3) is 0 Å². The molecule has 0 aliphatic rings. The lowest BCUT2D eigenvalue weighted by molar-refractivity contribution is -0.161. The third-order valence-electron chi connectivity index (χ3n) is 17.8. The van der Waals surface area contributed by atoms with Crippen LogP contribution in [0.4, 0.5) is 0 Å². The van der Waals surface area contributed by atoms with E-state index in [9.17, 15) is 43.2 Å². The number of hydrogen-bond donors (Lipinski definition) is 3. The first kappa shape index (κ1) is 93.1. The third-order valence-corrected chi connectivity index (χ3v) is 19.7. The number of carbonyl (C=O) groups is 4. The Morgan fingerprint density at radius 3 is 0.716 bits per heavy atom. The minimum atomic E-state index is -4.96. The Morgan fingerprint density at radius 2 is 0.484 bits per heavy atom. The Kier molecular flexibility index (Phi) is 67.7. The number of ether oxygens (including phenoxy) is 4. The van der Waals surface area contributed by atoms with Crippen LogP contribution in [0.1, 0.15) is 401 Å². The van der Waals surface area contributed by atoms with Crippen molar-refractivity contribution in [3.63, 3.8) is 0 Å².